The Balaban J connectivity index is 0.000000479. The van der Waals surface area contributed by atoms with Crippen LogP contribution in [-0.4, -0.2) is 40.6 Å². The van der Waals surface area contributed by atoms with Gasteiger partial charge in [-0.3, -0.25) is 4.79 Å². The summed E-state index contributed by atoms with van der Waals surface area (Å²) in [5.74, 6) is -2.67. The van der Waals surface area contributed by atoms with Crippen LogP contribution in [0.15, 0.2) is 60.7 Å². The second-order valence-electron chi connectivity index (χ2n) is 6.24. The Kier molecular flexibility index (Phi) is 10.0. The van der Waals surface area contributed by atoms with Crippen molar-refractivity contribution in [1.82, 2.24) is 5.32 Å². The molecule has 2 aromatic rings. The smallest absolute Gasteiger partial charge is 0.328 e. The van der Waals surface area contributed by atoms with E-state index in [1.54, 1.807) is 6.07 Å². The van der Waals surface area contributed by atoms with Gasteiger partial charge in [-0.05, 0) is 42.2 Å². The van der Waals surface area contributed by atoms with Crippen LogP contribution in [-0.2, 0) is 20.8 Å². The van der Waals surface area contributed by atoms with Gasteiger partial charge in [-0.15, -0.1) is 0 Å². The third kappa shape index (κ3) is 8.82. The molecule has 1 amide bonds. The summed E-state index contributed by atoms with van der Waals surface area (Å²) in [7, 11) is 0. The topological polar surface area (TPSA) is 154 Å². The van der Waals surface area contributed by atoms with Gasteiger partial charge in [0.1, 0.15) is 0 Å². The molecule has 0 spiro atoms. The number of carbonyl (C=O) groups is 3. The molecule has 0 aliphatic carbocycles. The van der Waals surface area contributed by atoms with E-state index in [9.17, 15) is 14.4 Å². The van der Waals surface area contributed by atoms with E-state index in [4.69, 9.17) is 21.2 Å². The Morgan fingerprint density at radius 3 is 2.30 bits per heavy atom. The largest absolute Gasteiger partial charge is 0.478 e. The molecule has 0 saturated heterocycles. The fourth-order valence-corrected chi connectivity index (χ4v) is 2.59. The lowest BCUT2D eigenvalue weighted by molar-refractivity contribution is -0.134. The van der Waals surface area contributed by atoms with Gasteiger partial charge in [0.05, 0.1) is 18.2 Å². The number of nitrogens with two attached hydrogens (primary N) is 1. The zero-order valence-electron chi connectivity index (χ0n) is 16.4. The molecule has 0 saturated carbocycles. The van der Waals surface area contributed by atoms with Crippen LogP contribution >= 0.6 is 0 Å². The number of aliphatic carboxylic acids is 2. The molecule has 5 N–H and O–H groups in total. The van der Waals surface area contributed by atoms with E-state index in [0.717, 1.165) is 16.7 Å². The molecule has 156 valence electrons. The summed E-state index contributed by atoms with van der Waals surface area (Å²) in [6.07, 6.45) is 1.82. The molecule has 0 bridgehead atoms. The van der Waals surface area contributed by atoms with Gasteiger partial charge in [0.2, 0.25) is 5.91 Å². The second kappa shape index (κ2) is 12.5. The average Bonchev–Trinajstić information content (AvgIpc) is 2.73. The molecular weight excluding hydrogens is 386 g/mol. The molecule has 30 heavy (non-hydrogen) atoms. The zero-order chi connectivity index (χ0) is 22.5. The molecule has 1 unspecified atom stereocenters. The first kappa shape index (κ1) is 24.1. The van der Waals surface area contributed by atoms with Crippen molar-refractivity contribution in [1.29, 1.82) is 5.26 Å². The van der Waals surface area contributed by atoms with Gasteiger partial charge in [-0.25, -0.2) is 9.59 Å². The predicted octanol–water partition coefficient (Wildman–Crippen LogP) is 1.94. The number of carboxylic acid groups (broad SMARTS) is 2. The monoisotopic (exact) mass is 409 g/mol. The zero-order valence-corrected chi connectivity index (χ0v) is 16.4. The van der Waals surface area contributed by atoms with Gasteiger partial charge in [0.25, 0.3) is 0 Å². The highest BCUT2D eigenvalue weighted by Crippen LogP contribution is 2.25. The Bertz CT molecular complexity index is 947. The first-order valence-electron chi connectivity index (χ1n) is 8.98. The summed E-state index contributed by atoms with van der Waals surface area (Å²) in [6, 6.07) is 17.7. The highest BCUT2D eigenvalue weighted by molar-refractivity contribution is 5.89. The van der Waals surface area contributed by atoms with Gasteiger partial charge >= 0.3 is 11.9 Å². The minimum absolute atomic E-state index is 0.00338. The summed E-state index contributed by atoms with van der Waals surface area (Å²) in [5, 5.41) is 27.5. The molecule has 0 aliphatic heterocycles. The molecule has 0 aliphatic rings. The van der Waals surface area contributed by atoms with Gasteiger partial charge < -0.3 is 21.3 Å². The quantitative estimate of drug-likeness (QED) is 0.510. The maximum Gasteiger partial charge on any atom is 0.328 e. The molecule has 0 radical (unpaired) electrons. The van der Waals surface area contributed by atoms with Crippen LogP contribution in [0.5, 0.6) is 0 Å². The Morgan fingerprint density at radius 2 is 1.73 bits per heavy atom. The Labute approximate surface area is 174 Å². The first-order valence-corrected chi connectivity index (χ1v) is 8.98. The summed E-state index contributed by atoms with van der Waals surface area (Å²) in [6.45, 7) is 1.95. The summed E-state index contributed by atoms with van der Waals surface area (Å²) in [5.41, 5.74) is 9.17. The van der Waals surface area contributed by atoms with Crippen molar-refractivity contribution >= 4 is 17.8 Å². The van der Waals surface area contributed by atoms with Crippen LogP contribution in [0.1, 0.15) is 18.1 Å². The molecule has 0 aromatic heterocycles. The summed E-state index contributed by atoms with van der Waals surface area (Å²) >= 11 is 0. The van der Waals surface area contributed by atoms with Crippen molar-refractivity contribution in [3.8, 4) is 17.2 Å². The number of benzene rings is 2. The van der Waals surface area contributed by atoms with E-state index in [1.807, 2.05) is 49.4 Å². The van der Waals surface area contributed by atoms with Crippen molar-refractivity contribution < 1.29 is 24.6 Å². The SMILES string of the molecule is CC(Cc1ccccc1-c1cccc(C#N)c1)NC(=O)CN.O=C(O)/C=C\C(=O)O. The molecule has 8 nitrogen and oxygen atoms in total. The lowest BCUT2D eigenvalue weighted by Gasteiger charge is -2.16. The number of hydrogen-bond donors (Lipinski definition) is 4. The summed E-state index contributed by atoms with van der Waals surface area (Å²) in [4.78, 5) is 30.5. The van der Waals surface area contributed by atoms with E-state index >= 15 is 0 Å². The highest BCUT2D eigenvalue weighted by Gasteiger charge is 2.11. The number of carbonyl (C=O) groups excluding carboxylic acids is 1. The van der Waals surface area contributed by atoms with Crippen LogP contribution in [0, 0.1) is 11.3 Å². The van der Waals surface area contributed by atoms with Crippen molar-refractivity contribution in [2.75, 3.05) is 6.54 Å². The van der Waals surface area contributed by atoms with Crippen molar-refractivity contribution in [2.45, 2.75) is 19.4 Å². The molecule has 8 heteroatoms. The molecule has 1 atom stereocenters. The van der Waals surface area contributed by atoms with Crippen molar-refractivity contribution in [2.24, 2.45) is 5.73 Å². The number of amides is 1. The summed E-state index contributed by atoms with van der Waals surface area (Å²) < 4.78 is 0. The maximum atomic E-state index is 11.4. The number of hydrogen-bond acceptors (Lipinski definition) is 5. The van der Waals surface area contributed by atoms with Crippen LogP contribution in [0.4, 0.5) is 0 Å². The van der Waals surface area contributed by atoms with Crippen LogP contribution in [0.2, 0.25) is 0 Å². The minimum atomic E-state index is -1.26. The van der Waals surface area contributed by atoms with Gasteiger partial charge in [0.15, 0.2) is 0 Å². The van der Waals surface area contributed by atoms with E-state index in [2.05, 4.69) is 11.4 Å². The molecular formula is C22H23N3O5. The lowest BCUT2D eigenvalue weighted by atomic mass is 9.94. The third-order valence-corrected chi connectivity index (χ3v) is 3.81. The number of nitrogens with one attached hydrogen (secondary N) is 1. The average molecular weight is 409 g/mol. The number of rotatable bonds is 7. The minimum Gasteiger partial charge on any atom is -0.478 e. The second-order valence-corrected chi connectivity index (χ2v) is 6.24. The van der Waals surface area contributed by atoms with Crippen LogP contribution in [0.25, 0.3) is 11.1 Å². The maximum absolute atomic E-state index is 11.4. The highest BCUT2D eigenvalue weighted by atomic mass is 16.4. The number of nitrogens with zero attached hydrogens (tertiary/aromatic N) is 1. The molecule has 2 rings (SSSR count). The standard InChI is InChI=1S/C18H19N3O.C4H4O4/c1-13(21-18(22)12-20)9-15-6-2-3-8-17(15)16-7-4-5-14(10-16)11-19;5-3(6)1-2-4(7)8/h2-8,10,13H,9,12,20H2,1H3,(H,21,22);1-2H,(H,5,6)(H,7,8)/b;2-1-. The predicted molar refractivity (Wildman–Crippen MR) is 111 cm³/mol. The molecule has 0 fully saturated rings. The fourth-order valence-electron chi connectivity index (χ4n) is 2.59. The van der Waals surface area contributed by atoms with Crippen molar-refractivity contribution in [3.05, 3.63) is 71.8 Å². The third-order valence-electron chi connectivity index (χ3n) is 3.81. The van der Waals surface area contributed by atoms with Gasteiger partial charge in [-0.2, -0.15) is 5.26 Å². The Morgan fingerprint density at radius 1 is 1.10 bits per heavy atom. The number of nitriles is 1. The van der Waals surface area contributed by atoms with Gasteiger partial charge in [0, 0.05) is 18.2 Å². The van der Waals surface area contributed by atoms with E-state index in [0.29, 0.717) is 24.1 Å². The fraction of sp³-hybridized carbons (Fsp3) is 0.182. The Hall–Kier alpha value is -3.96. The van der Waals surface area contributed by atoms with E-state index < -0.39 is 11.9 Å². The number of carboxylic acids is 2. The van der Waals surface area contributed by atoms with E-state index in [-0.39, 0.29) is 18.5 Å². The molecule has 0 heterocycles. The van der Waals surface area contributed by atoms with Crippen LogP contribution in [0.3, 0.4) is 0 Å². The van der Waals surface area contributed by atoms with E-state index in [1.165, 1.54) is 0 Å². The van der Waals surface area contributed by atoms with Crippen molar-refractivity contribution in [3.63, 3.8) is 0 Å². The van der Waals surface area contributed by atoms with Gasteiger partial charge in [-0.1, -0.05) is 36.4 Å². The lowest BCUT2D eigenvalue weighted by Crippen LogP contribution is -2.38. The molecule has 2 aromatic carbocycles. The first-order chi connectivity index (χ1) is 14.3. The van der Waals surface area contributed by atoms with Crippen LogP contribution < -0.4 is 11.1 Å². The normalized spacial score (nSPS) is 11.0.